The second-order valence-electron chi connectivity index (χ2n) is 7.67. The fourth-order valence-electron chi connectivity index (χ4n) is 3.66. The van der Waals surface area contributed by atoms with Gasteiger partial charge >= 0.3 is 0 Å². The lowest BCUT2D eigenvalue weighted by molar-refractivity contribution is 0.0657. The molecule has 8 nitrogen and oxygen atoms in total. The third kappa shape index (κ3) is 5.91. The first-order valence-electron chi connectivity index (χ1n) is 11.2. The van der Waals surface area contributed by atoms with Crippen molar-refractivity contribution < 1.29 is 13.9 Å². The van der Waals surface area contributed by atoms with Crippen molar-refractivity contribution in [1.29, 1.82) is 0 Å². The Labute approximate surface area is 193 Å². The highest BCUT2D eigenvalue weighted by molar-refractivity contribution is 5.91. The SMILES string of the molecule is CCNC(=NCc1cccnc1OCc1ccccc1)N1CCN(C(=O)c2ccco2)CC1. The lowest BCUT2D eigenvalue weighted by Gasteiger charge is -2.36. The van der Waals surface area contributed by atoms with Crippen molar-refractivity contribution in [2.24, 2.45) is 4.99 Å². The van der Waals surface area contributed by atoms with Crippen LogP contribution in [0.15, 0.2) is 76.5 Å². The molecule has 0 atom stereocenters. The molecule has 1 saturated heterocycles. The molecular weight excluding hydrogens is 418 g/mol. The summed E-state index contributed by atoms with van der Waals surface area (Å²) in [7, 11) is 0. The van der Waals surface area contributed by atoms with E-state index < -0.39 is 0 Å². The number of piperazine rings is 1. The van der Waals surface area contributed by atoms with E-state index >= 15 is 0 Å². The minimum atomic E-state index is -0.0721. The lowest BCUT2D eigenvalue weighted by Crippen LogP contribution is -2.53. The molecule has 1 aliphatic rings. The van der Waals surface area contributed by atoms with Crippen molar-refractivity contribution in [1.82, 2.24) is 20.1 Å². The molecule has 0 unspecified atom stereocenters. The predicted molar refractivity (Wildman–Crippen MR) is 126 cm³/mol. The van der Waals surface area contributed by atoms with Gasteiger partial charge < -0.3 is 24.3 Å². The Hall–Kier alpha value is -3.81. The summed E-state index contributed by atoms with van der Waals surface area (Å²) in [6.07, 6.45) is 3.25. The molecule has 172 valence electrons. The van der Waals surface area contributed by atoms with Gasteiger partial charge in [0, 0.05) is 44.5 Å². The largest absolute Gasteiger partial charge is 0.473 e. The van der Waals surface area contributed by atoms with Crippen molar-refractivity contribution in [3.8, 4) is 5.88 Å². The van der Waals surface area contributed by atoms with Crippen LogP contribution in [0.1, 0.15) is 28.6 Å². The number of furan rings is 1. The van der Waals surface area contributed by atoms with Crippen molar-refractivity contribution >= 4 is 11.9 Å². The molecule has 8 heteroatoms. The van der Waals surface area contributed by atoms with Gasteiger partial charge in [0.2, 0.25) is 5.88 Å². The molecule has 1 amide bonds. The number of aliphatic imine (C=N–C) groups is 1. The smallest absolute Gasteiger partial charge is 0.289 e. The van der Waals surface area contributed by atoms with E-state index in [0.717, 1.165) is 23.6 Å². The van der Waals surface area contributed by atoms with E-state index in [1.807, 2.05) is 54.3 Å². The van der Waals surface area contributed by atoms with E-state index in [0.29, 0.717) is 51.0 Å². The number of pyridine rings is 1. The number of amides is 1. The van der Waals surface area contributed by atoms with Gasteiger partial charge in [0.1, 0.15) is 6.61 Å². The number of nitrogens with zero attached hydrogens (tertiary/aromatic N) is 4. The Kier molecular flexibility index (Phi) is 7.58. The summed E-state index contributed by atoms with van der Waals surface area (Å²) in [5.41, 5.74) is 2.02. The predicted octanol–water partition coefficient (Wildman–Crippen LogP) is 3.18. The standard InChI is InChI=1S/C25H29N5O3/c1-2-26-25(30-15-13-29(14-16-30)24(31)22-11-7-17-32-22)28-18-21-10-6-12-27-23(21)33-19-20-8-4-3-5-9-20/h3-12,17H,2,13-16,18-19H2,1H3,(H,26,28). The Morgan fingerprint density at radius 2 is 1.85 bits per heavy atom. The number of benzene rings is 1. The number of hydrogen-bond donors (Lipinski definition) is 1. The van der Waals surface area contributed by atoms with E-state index in [9.17, 15) is 4.79 Å². The van der Waals surface area contributed by atoms with E-state index in [1.54, 1.807) is 18.3 Å². The fraction of sp³-hybridized carbons (Fsp3) is 0.320. The Morgan fingerprint density at radius 1 is 1.06 bits per heavy atom. The zero-order valence-corrected chi connectivity index (χ0v) is 18.8. The first-order valence-corrected chi connectivity index (χ1v) is 11.2. The minimum absolute atomic E-state index is 0.0721. The van der Waals surface area contributed by atoms with Crippen molar-refractivity contribution in [2.75, 3.05) is 32.7 Å². The maximum absolute atomic E-state index is 12.5. The summed E-state index contributed by atoms with van der Waals surface area (Å²) in [4.78, 5) is 25.8. The molecular formula is C25H29N5O3. The second kappa shape index (κ2) is 11.2. The van der Waals surface area contributed by atoms with E-state index in [2.05, 4.69) is 15.2 Å². The highest BCUT2D eigenvalue weighted by atomic mass is 16.5. The van der Waals surface area contributed by atoms with Gasteiger partial charge in [-0.05, 0) is 30.7 Å². The number of carbonyl (C=O) groups excluding carboxylic acids is 1. The summed E-state index contributed by atoms with van der Waals surface area (Å²) in [5, 5.41) is 3.36. The molecule has 33 heavy (non-hydrogen) atoms. The number of aromatic nitrogens is 1. The molecule has 1 aliphatic heterocycles. The molecule has 0 radical (unpaired) electrons. The van der Waals surface area contributed by atoms with Crippen molar-refractivity contribution in [3.63, 3.8) is 0 Å². The van der Waals surface area contributed by atoms with Gasteiger partial charge in [-0.2, -0.15) is 0 Å². The van der Waals surface area contributed by atoms with Crippen LogP contribution in [0, 0.1) is 0 Å². The average Bonchev–Trinajstić information content (AvgIpc) is 3.41. The zero-order chi connectivity index (χ0) is 22.9. The van der Waals surface area contributed by atoms with Crippen molar-refractivity contribution in [2.45, 2.75) is 20.1 Å². The average molecular weight is 448 g/mol. The van der Waals surface area contributed by atoms with E-state index in [1.165, 1.54) is 6.26 Å². The molecule has 1 fully saturated rings. The number of guanidine groups is 1. The quantitative estimate of drug-likeness (QED) is 0.443. The Balaban J connectivity index is 1.38. The molecule has 0 saturated carbocycles. The third-order valence-corrected chi connectivity index (χ3v) is 5.40. The molecule has 0 bridgehead atoms. The van der Waals surface area contributed by atoms with E-state index in [4.69, 9.17) is 14.1 Å². The molecule has 2 aromatic heterocycles. The third-order valence-electron chi connectivity index (χ3n) is 5.40. The van der Waals surface area contributed by atoms with Crippen LogP contribution >= 0.6 is 0 Å². The first-order chi connectivity index (χ1) is 16.2. The van der Waals surface area contributed by atoms with Crippen molar-refractivity contribution in [3.05, 3.63) is 83.9 Å². The first kappa shape index (κ1) is 22.4. The van der Waals surface area contributed by atoms with Gasteiger partial charge in [-0.25, -0.2) is 9.98 Å². The number of hydrogen-bond acceptors (Lipinski definition) is 5. The molecule has 3 aromatic rings. The van der Waals surface area contributed by atoms with Gasteiger partial charge in [-0.3, -0.25) is 4.79 Å². The van der Waals surface area contributed by atoms with Gasteiger partial charge in [0.25, 0.3) is 5.91 Å². The normalized spacial score (nSPS) is 14.3. The Morgan fingerprint density at radius 3 is 2.58 bits per heavy atom. The maximum Gasteiger partial charge on any atom is 0.289 e. The molecule has 3 heterocycles. The maximum atomic E-state index is 12.5. The summed E-state index contributed by atoms with van der Waals surface area (Å²) in [6.45, 7) is 6.33. The summed E-state index contributed by atoms with van der Waals surface area (Å²) >= 11 is 0. The van der Waals surface area contributed by atoms with Crippen LogP contribution in [0.4, 0.5) is 0 Å². The second-order valence-corrected chi connectivity index (χ2v) is 7.67. The monoisotopic (exact) mass is 447 g/mol. The summed E-state index contributed by atoms with van der Waals surface area (Å²) < 4.78 is 11.2. The van der Waals surface area contributed by atoms with Crippen LogP contribution in [-0.4, -0.2) is 59.4 Å². The highest BCUT2D eigenvalue weighted by Gasteiger charge is 2.25. The lowest BCUT2D eigenvalue weighted by atomic mass is 10.2. The molecule has 4 rings (SSSR count). The number of nitrogens with one attached hydrogen (secondary N) is 1. The molecule has 0 spiro atoms. The van der Waals surface area contributed by atoms with Gasteiger partial charge in [-0.15, -0.1) is 0 Å². The Bertz CT molecular complexity index is 1040. The zero-order valence-electron chi connectivity index (χ0n) is 18.8. The van der Waals surface area contributed by atoms with Crippen LogP contribution in [-0.2, 0) is 13.2 Å². The highest BCUT2D eigenvalue weighted by Crippen LogP contribution is 2.18. The number of carbonyl (C=O) groups is 1. The van der Waals surface area contributed by atoms with Gasteiger partial charge in [0.05, 0.1) is 12.8 Å². The summed E-state index contributed by atoms with van der Waals surface area (Å²) in [5.74, 6) is 1.72. The number of rotatable bonds is 7. The van der Waals surface area contributed by atoms with E-state index in [-0.39, 0.29) is 5.91 Å². The van der Waals surface area contributed by atoms with Gasteiger partial charge in [-0.1, -0.05) is 36.4 Å². The van der Waals surface area contributed by atoms with Gasteiger partial charge in [0.15, 0.2) is 11.7 Å². The van der Waals surface area contributed by atoms with Crippen LogP contribution in [0.5, 0.6) is 5.88 Å². The topological polar surface area (TPSA) is 83.2 Å². The number of ether oxygens (including phenoxy) is 1. The van der Waals surface area contributed by atoms with Crippen LogP contribution in [0.2, 0.25) is 0 Å². The summed E-state index contributed by atoms with van der Waals surface area (Å²) in [6, 6.07) is 17.3. The molecule has 1 N–H and O–H groups in total. The minimum Gasteiger partial charge on any atom is -0.473 e. The van der Waals surface area contributed by atoms with Crippen LogP contribution in [0.25, 0.3) is 0 Å². The fourth-order valence-corrected chi connectivity index (χ4v) is 3.66. The molecule has 1 aromatic carbocycles. The van der Waals surface area contributed by atoms with Crippen LogP contribution < -0.4 is 10.1 Å². The molecule has 0 aliphatic carbocycles. The van der Waals surface area contributed by atoms with Crippen LogP contribution in [0.3, 0.4) is 0 Å².